The first-order valence-corrected chi connectivity index (χ1v) is 5.33. The molecular formula is C13H12ClNO. The molecule has 0 radical (unpaired) electrons. The number of halogens is 1. The number of hydrogen-bond donors (Lipinski definition) is 1. The van der Waals surface area contributed by atoms with Crippen LogP contribution in [-0.4, -0.2) is 0 Å². The minimum Gasteiger partial charge on any atom is -0.456 e. The summed E-state index contributed by atoms with van der Waals surface area (Å²) in [6.45, 7) is 1.96. The normalized spacial score (nSPS) is 10.1. The summed E-state index contributed by atoms with van der Waals surface area (Å²) in [5.74, 6) is 1.42. The standard InChI is InChI=1S/C13H12ClNO/c1-9-3-2-4-12(14)13(9)16-11-7-5-10(15)6-8-11/h2-8H,15H2,1H3. The molecule has 0 unspecified atom stereocenters. The lowest BCUT2D eigenvalue weighted by molar-refractivity contribution is 0.479. The Labute approximate surface area is 99.6 Å². The molecule has 0 aliphatic rings. The lowest BCUT2D eigenvalue weighted by Gasteiger charge is -2.10. The first kappa shape index (κ1) is 10.8. The molecule has 0 aliphatic carbocycles. The summed E-state index contributed by atoms with van der Waals surface area (Å²) in [5, 5.41) is 0.608. The molecule has 0 atom stereocenters. The average molecular weight is 234 g/mol. The van der Waals surface area contributed by atoms with Gasteiger partial charge in [-0.3, -0.25) is 0 Å². The number of rotatable bonds is 2. The van der Waals surface area contributed by atoms with Crippen LogP contribution in [0.3, 0.4) is 0 Å². The van der Waals surface area contributed by atoms with Crippen LogP contribution in [0.1, 0.15) is 5.56 Å². The van der Waals surface area contributed by atoms with Crippen LogP contribution in [0.15, 0.2) is 42.5 Å². The van der Waals surface area contributed by atoms with Gasteiger partial charge in [0.2, 0.25) is 0 Å². The van der Waals surface area contributed by atoms with E-state index in [0.717, 1.165) is 11.3 Å². The van der Waals surface area contributed by atoms with Crippen molar-refractivity contribution in [2.45, 2.75) is 6.92 Å². The van der Waals surface area contributed by atoms with E-state index >= 15 is 0 Å². The number of nitrogens with two attached hydrogens (primary N) is 1. The Balaban J connectivity index is 2.30. The molecule has 0 spiro atoms. The molecule has 0 saturated carbocycles. The zero-order chi connectivity index (χ0) is 11.5. The number of anilines is 1. The molecule has 82 valence electrons. The molecule has 0 heterocycles. The van der Waals surface area contributed by atoms with Crippen molar-refractivity contribution in [2.75, 3.05) is 5.73 Å². The van der Waals surface area contributed by atoms with Gasteiger partial charge in [-0.2, -0.15) is 0 Å². The minimum atomic E-state index is 0.608. The number of hydrogen-bond acceptors (Lipinski definition) is 2. The van der Waals surface area contributed by atoms with Crippen LogP contribution >= 0.6 is 11.6 Å². The van der Waals surface area contributed by atoms with Crippen molar-refractivity contribution in [1.29, 1.82) is 0 Å². The van der Waals surface area contributed by atoms with Gasteiger partial charge in [0.15, 0.2) is 0 Å². The van der Waals surface area contributed by atoms with Crippen molar-refractivity contribution in [3.05, 3.63) is 53.1 Å². The second-order valence-corrected chi connectivity index (χ2v) is 3.96. The SMILES string of the molecule is Cc1cccc(Cl)c1Oc1ccc(N)cc1. The van der Waals surface area contributed by atoms with Gasteiger partial charge in [0.05, 0.1) is 5.02 Å². The highest BCUT2D eigenvalue weighted by molar-refractivity contribution is 6.32. The summed E-state index contributed by atoms with van der Waals surface area (Å²) < 4.78 is 5.71. The molecule has 2 aromatic carbocycles. The van der Waals surface area contributed by atoms with Gasteiger partial charge in [-0.05, 0) is 42.8 Å². The molecule has 3 heteroatoms. The van der Waals surface area contributed by atoms with Gasteiger partial charge >= 0.3 is 0 Å². The van der Waals surface area contributed by atoms with Crippen LogP contribution in [0.4, 0.5) is 5.69 Å². The van der Waals surface area contributed by atoms with Crippen LogP contribution in [0.2, 0.25) is 5.02 Å². The molecule has 0 aliphatic heterocycles. The molecule has 2 rings (SSSR count). The number of ether oxygens (including phenoxy) is 1. The van der Waals surface area contributed by atoms with Gasteiger partial charge < -0.3 is 10.5 Å². The fraction of sp³-hybridized carbons (Fsp3) is 0.0769. The maximum Gasteiger partial charge on any atom is 0.148 e. The molecule has 0 saturated heterocycles. The van der Waals surface area contributed by atoms with Crippen LogP contribution in [0, 0.1) is 6.92 Å². The highest BCUT2D eigenvalue weighted by atomic mass is 35.5. The second kappa shape index (κ2) is 4.45. The maximum absolute atomic E-state index is 6.06. The smallest absolute Gasteiger partial charge is 0.148 e. The van der Waals surface area contributed by atoms with Crippen molar-refractivity contribution >= 4 is 17.3 Å². The lowest BCUT2D eigenvalue weighted by atomic mass is 10.2. The molecule has 2 N–H and O–H groups in total. The van der Waals surface area contributed by atoms with E-state index in [1.807, 2.05) is 31.2 Å². The fourth-order valence-electron chi connectivity index (χ4n) is 1.40. The highest BCUT2D eigenvalue weighted by Gasteiger charge is 2.05. The van der Waals surface area contributed by atoms with Crippen molar-refractivity contribution in [2.24, 2.45) is 0 Å². The largest absolute Gasteiger partial charge is 0.456 e. The van der Waals surface area contributed by atoms with Gasteiger partial charge in [0.25, 0.3) is 0 Å². The third-order valence-electron chi connectivity index (χ3n) is 2.26. The minimum absolute atomic E-state index is 0.608. The Bertz CT molecular complexity index is 474. The monoisotopic (exact) mass is 233 g/mol. The first-order valence-electron chi connectivity index (χ1n) is 4.95. The Kier molecular flexibility index (Phi) is 3.02. The van der Waals surface area contributed by atoms with Crippen molar-refractivity contribution in [1.82, 2.24) is 0 Å². The zero-order valence-corrected chi connectivity index (χ0v) is 9.66. The number of benzene rings is 2. The van der Waals surface area contributed by atoms with Gasteiger partial charge in [-0.15, -0.1) is 0 Å². The fourth-order valence-corrected chi connectivity index (χ4v) is 1.66. The third-order valence-corrected chi connectivity index (χ3v) is 2.56. The van der Waals surface area contributed by atoms with Crippen LogP contribution < -0.4 is 10.5 Å². The van der Waals surface area contributed by atoms with Crippen LogP contribution in [0.5, 0.6) is 11.5 Å². The predicted octanol–water partition coefficient (Wildman–Crippen LogP) is 4.02. The van der Waals surface area contributed by atoms with E-state index in [4.69, 9.17) is 22.1 Å². The predicted molar refractivity (Wildman–Crippen MR) is 67.1 cm³/mol. The number of aryl methyl sites for hydroxylation is 1. The van der Waals surface area contributed by atoms with E-state index in [1.54, 1.807) is 18.2 Å². The van der Waals surface area contributed by atoms with Crippen molar-refractivity contribution < 1.29 is 4.74 Å². The van der Waals surface area contributed by atoms with Crippen LogP contribution in [-0.2, 0) is 0 Å². The number of nitrogen functional groups attached to an aromatic ring is 1. The Morgan fingerprint density at radius 1 is 1.06 bits per heavy atom. The van der Waals surface area contributed by atoms with E-state index in [0.29, 0.717) is 16.5 Å². The highest BCUT2D eigenvalue weighted by Crippen LogP contribution is 2.32. The number of para-hydroxylation sites is 1. The molecule has 2 aromatic rings. The third kappa shape index (κ3) is 2.28. The Morgan fingerprint density at radius 2 is 1.75 bits per heavy atom. The molecule has 0 bridgehead atoms. The Morgan fingerprint density at radius 3 is 2.38 bits per heavy atom. The average Bonchev–Trinajstić information content (AvgIpc) is 2.26. The van der Waals surface area contributed by atoms with E-state index in [-0.39, 0.29) is 0 Å². The topological polar surface area (TPSA) is 35.2 Å². The maximum atomic E-state index is 6.06. The molecule has 0 amide bonds. The summed E-state index contributed by atoms with van der Waals surface area (Å²) in [7, 11) is 0. The van der Waals surface area contributed by atoms with Crippen LogP contribution in [0.25, 0.3) is 0 Å². The summed E-state index contributed by atoms with van der Waals surface area (Å²) in [4.78, 5) is 0. The molecule has 0 aromatic heterocycles. The second-order valence-electron chi connectivity index (χ2n) is 3.56. The van der Waals surface area contributed by atoms with Gasteiger partial charge in [0, 0.05) is 5.69 Å². The van der Waals surface area contributed by atoms with Gasteiger partial charge in [-0.1, -0.05) is 23.7 Å². The Hall–Kier alpha value is -1.67. The van der Waals surface area contributed by atoms with E-state index in [9.17, 15) is 0 Å². The van der Waals surface area contributed by atoms with Crippen molar-refractivity contribution in [3.8, 4) is 11.5 Å². The summed E-state index contributed by atoms with van der Waals surface area (Å²) >= 11 is 6.06. The zero-order valence-electron chi connectivity index (χ0n) is 8.91. The summed E-state index contributed by atoms with van der Waals surface area (Å²) in [5.41, 5.74) is 7.31. The lowest BCUT2D eigenvalue weighted by Crippen LogP contribution is -1.89. The molecule has 2 nitrogen and oxygen atoms in total. The molecular weight excluding hydrogens is 222 g/mol. The summed E-state index contributed by atoms with van der Waals surface area (Å²) in [6, 6.07) is 12.9. The van der Waals surface area contributed by atoms with E-state index < -0.39 is 0 Å². The first-order chi connectivity index (χ1) is 7.66. The quantitative estimate of drug-likeness (QED) is 0.795. The van der Waals surface area contributed by atoms with Gasteiger partial charge in [-0.25, -0.2) is 0 Å². The molecule has 16 heavy (non-hydrogen) atoms. The molecule has 0 fully saturated rings. The van der Waals surface area contributed by atoms with E-state index in [2.05, 4.69) is 0 Å². The van der Waals surface area contributed by atoms with Gasteiger partial charge in [0.1, 0.15) is 11.5 Å². The van der Waals surface area contributed by atoms with E-state index in [1.165, 1.54) is 0 Å². The summed E-state index contributed by atoms with van der Waals surface area (Å²) in [6.07, 6.45) is 0. The van der Waals surface area contributed by atoms with Crippen molar-refractivity contribution in [3.63, 3.8) is 0 Å².